The molecule has 0 aliphatic rings. The molecular formula is C13H11N5O3. The van der Waals surface area contributed by atoms with Crippen LogP contribution in [0.3, 0.4) is 0 Å². The number of aromatic amines is 1. The SMILES string of the molecule is C=CCOc1cccc2oc(C(N)=O)c(-c3nn[nH]n3)c12. The normalized spacial score (nSPS) is 10.7. The number of rotatable bonds is 5. The molecule has 0 bridgehead atoms. The number of nitrogens with two attached hydrogens (primary N) is 1. The van der Waals surface area contributed by atoms with E-state index in [2.05, 4.69) is 27.2 Å². The lowest BCUT2D eigenvalue weighted by Gasteiger charge is -2.04. The maximum Gasteiger partial charge on any atom is 0.285 e. The van der Waals surface area contributed by atoms with Gasteiger partial charge in [0.1, 0.15) is 17.9 Å². The monoisotopic (exact) mass is 285 g/mol. The number of aromatic nitrogens is 4. The minimum absolute atomic E-state index is 0.0407. The molecule has 0 radical (unpaired) electrons. The Morgan fingerprint density at radius 2 is 2.38 bits per heavy atom. The summed E-state index contributed by atoms with van der Waals surface area (Å²) in [5.74, 6) is -0.0395. The Morgan fingerprint density at radius 3 is 3.05 bits per heavy atom. The first kappa shape index (κ1) is 12.9. The van der Waals surface area contributed by atoms with Crippen LogP contribution >= 0.6 is 0 Å². The van der Waals surface area contributed by atoms with Crippen molar-refractivity contribution in [3.8, 4) is 17.1 Å². The Labute approximate surface area is 118 Å². The molecule has 0 aliphatic carbocycles. The molecule has 3 N–H and O–H groups in total. The van der Waals surface area contributed by atoms with E-state index in [9.17, 15) is 4.79 Å². The van der Waals surface area contributed by atoms with Gasteiger partial charge in [-0.25, -0.2) is 0 Å². The van der Waals surface area contributed by atoms with Crippen molar-refractivity contribution in [2.45, 2.75) is 0 Å². The summed E-state index contributed by atoms with van der Waals surface area (Å²) in [5.41, 5.74) is 6.16. The van der Waals surface area contributed by atoms with E-state index in [0.29, 0.717) is 28.9 Å². The largest absolute Gasteiger partial charge is 0.489 e. The number of H-pyrrole nitrogens is 1. The number of amides is 1. The van der Waals surface area contributed by atoms with Gasteiger partial charge in [-0.15, -0.1) is 10.2 Å². The van der Waals surface area contributed by atoms with Gasteiger partial charge in [0.15, 0.2) is 0 Å². The average Bonchev–Trinajstić information content (AvgIpc) is 3.11. The number of carbonyl (C=O) groups excluding carboxylic acids is 1. The predicted molar refractivity (Wildman–Crippen MR) is 73.6 cm³/mol. The van der Waals surface area contributed by atoms with Crippen molar-refractivity contribution in [3.63, 3.8) is 0 Å². The van der Waals surface area contributed by atoms with Gasteiger partial charge < -0.3 is 14.9 Å². The predicted octanol–water partition coefficient (Wildman–Crippen LogP) is 1.28. The summed E-state index contributed by atoms with van der Waals surface area (Å²) in [6.45, 7) is 3.91. The van der Waals surface area contributed by atoms with Crippen LogP contribution in [0, 0.1) is 0 Å². The third-order valence-electron chi connectivity index (χ3n) is 2.83. The molecule has 0 saturated heterocycles. The second-order valence-electron chi connectivity index (χ2n) is 4.13. The van der Waals surface area contributed by atoms with Gasteiger partial charge in [0, 0.05) is 0 Å². The van der Waals surface area contributed by atoms with Crippen LogP contribution in [0.2, 0.25) is 0 Å². The van der Waals surface area contributed by atoms with E-state index in [1.807, 2.05) is 0 Å². The Kier molecular flexibility index (Phi) is 3.11. The van der Waals surface area contributed by atoms with Gasteiger partial charge in [-0.1, -0.05) is 18.7 Å². The van der Waals surface area contributed by atoms with E-state index < -0.39 is 5.91 Å². The molecule has 8 heteroatoms. The van der Waals surface area contributed by atoms with E-state index >= 15 is 0 Å². The van der Waals surface area contributed by atoms with Crippen LogP contribution in [0.5, 0.6) is 5.75 Å². The summed E-state index contributed by atoms with van der Waals surface area (Å²) in [6, 6.07) is 5.19. The number of primary amides is 1. The van der Waals surface area contributed by atoms with Gasteiger partial charge in [0.05, 0.1) is 10.9 Å². The fourth-order valence-corrected chi connectivity index (χ4v) is 2.04. The summed E-state index contributed by atoms with van der Waals surface area (Å²) < 4.78 is 11.1. The molecule has 0 unspecified atom stereocenters. The lowest BCUT2D eigenvalue weighted by molar-refractivity contribution is 0.0977. The Hall–Kier alpha value is -3.16. The van der Waals surface area contributed by atoms with Crippen LogP contribution in [-0.2, 0) is 0 Å². The number of carbonyl (C=O) groups is 1. The van der Waals surface area contributed by atoms with Gasteiger partial charge in [-0.3, -0.25) is 4.79 Å². The molecule has 21 heavy (non-hydrogen) atoms. The number of tetrazole rings is 1. The Morgan fingerprint density at radius 1 is 1.52 bits per heavy atom. The van der Waals surface area contributed by atoms with Crippen molar-refractivity contribution >= 4 is 16.9 Å². The summed E-state index contributed by atoms with van der Waals surface area (Å²) in [6.07, 6.45) is 1.61. The third-order valence-corrected chi connectivity index (χ3v) is 2.83. The molecule has 3 rings (SSSR count). The molecule has 8 nitrogen and oxygen atoms in total. The lowest BCUT2D eigenvalue weighted by atomic mass is 10.1. The Balaban J connectivity index is 2.32. The number of ether oxygens (including phenoxy) is 1. The molecule has 0 spiro atoms. The lowest BCUT2D eigenvalue weighted by Crippen LogP contribution is -2.11. The number of nitrogens with zero attached hydrogens (tertiary/aromatic N) is 3. The molecule has 0 fully saturated rings. The van der Waals surface area contributed by atoms with Gasteiger partial charge in [0.2, 0.25) is 11.6 Å². The van der Waals surface area contributed by atoms with E-state index in [1.165, 1.54) is 0 Å². The molecule has 0 atom stereocenters. The van der Waals surface area contributed by atoms with Crippen LogP contribution in [0.1, 0.15) is 10.6 Å². The highest BCUT2D eigenvalue weighted by Crippen LogP contribution is 2.38. The summed E-state index contributed by atoms with van der Waals surface area (Å²) in [5, 5.41) is 14.2. The number of benzene rings is 1. The average molecular weight is 285 g/mol. The topological polar surface area (TPSA) is 120 Å². The van der Waals surface area contributed by atoms with Crippen molar-refractivity contribution in [1.82, 2.24) is 20.6 Å². The minimum Gasteiger partial charge on any atom is -0.489 e. The first-order chi connectivity index (χ1) is 10.2. The maximum atomic E-state index is 11.6. The Bertz CT molecular complexity index is 807. The molecule has 106 valence electrons. The van der Waals surface area contributed by atoms with Gasteiger partial charge >= 0.3 is 0 Å². The van der Waals surface area contributed by atoms with E-state index in [-0.39, 0.29) is 11.6 Å². The zero-order valence-corrected chi connectivity index (χ0v) is 10.9. The van der Waals surface area contributed by atoms with Crippen LogP contribution in [0.4, 0.5) is 0 Å². The van der Waals surface area contributed by atoms with E-state index in [1.54, 1.807) is 24.3 Å². The molecule has 0 saturated carbocycles. The third kappa shape index (κ3) is 2.12. The van der Waals surface area contributed by atoms with Crippen molar-refractivity contribution < 1.29 is 13.9 Å². The smallest absolute Gasteiger partial charge is 0.285 e. The van der Waals surface area contributed by atoms with Crippen molar-refractivity contribution in [1.29, 1.82) is 0 Å². The van der Waals surface area contributed by atoms with Crippen LogP contribution in [0.15, 0.2) is 35.3 Å². The zero-order valence-electron chi connectivity index (χ0n) is 10.9. The number of fused-ring (bicyclic) bond motifs is 1. The van der Waals surface area contributed by atoms with E-state index in [0.717, 1.165) is 0 Å². The molecule has 1 amide bonds. The molecule has 1 aromatic carbocycles. The number of hydrogen-bond acceptors (Lipinski definition) is 6. The first-order valence-corrected chi connectivity index (χ1v) is 6.05. The molecule has 2 aromatic heterocycles. The highest BCUT2D eigenvalue weighted by molar-refractivity contribution is 6.08. The molecule has 2 heterocycles. The molecule has 3 aromatic rings. The van der Waals surface area contributed by atoms with E-state index in [4.69, 9.17) is 14.9 Å². The van der Waals surface area contributed by atoms with Crippen molar-refractivity contribution in [3.05, 3.63) is 36.6 Å². The highest BCUT2D eigenvalue weighted by Gasteiger charge is 2.25. The molecular weight excluding hydrogens is 274 g/mol. The first-order valence-electron chi connectivity index (χ1n) is 6.05. The summed E-state index contributed by atoms with van der Waals surface area (Å²) in [4.78, 5) is 11.6. The maximum absolute atomic E-state index is 11.6. The van der Waals surface area contributed by atoms with Crippen LogP contribution in [-0.4, -0.2) is 33.1 Å². The number of hydrogen-bond donors (Lipinski definition) is 2. The highest BCUT2D eigenvalue weighted by atomic mass is 16.5. The summed E-state index contributed by atoms with van der Waals surface area (Å²) in [7, 11) is 0. The quantitative estimate of drug-likeness (QED) is 0.681. The van der Waals surface area contributed by atoms with Gasteiger partial charge in [-0.05, 0) is 17.3 Å². The fraction of sp³-hybridized carbons (Fsp3) is 0.0769. The standard InChI is InChI=1S/C13H11N5O3/c1-2-6-20-7-4-3-5-8-9(7)10(11(21-8)12(14)19)13-15-17-18-16-13/h2-5H,1,6H2,(H2,14,19)(H,15,16,17,18). The van der Waals surface area contributed by atoms with Crippen molar-refractivity contribution in [2.24, 2.45) is 5.73 Å². The van der Waals surface area contributed by atoms with Crippen LogP contribution < -0.4 is 10.5 Å². The van der Waals surface area contributed by atoms with Crippen LogP contribution in [0.25, 0.3) is 22.4 Å². The second kappa shape index (κ2) is 5.08. The summed E-state index contributed by atoms with van der Waals surface area (Å²) >= 11 is 0. The minimum atomic E-state index is -0.722. The zero-order chi connectivity index (χ0) is 14.8. The van der Waals surface area contributed by atoms with Gasteiger partial charge in [-0.2, -0.15) is 5.21 Å². The van der Waals surface area contributed by atoms with Crippen molar-refractivity contribution in [2.75, 3.05) is 6.61 Å². The number of nitrogens with one attached hydrogen (secondary N) is 1. The fourth-order valence-electron chi connectivity index (χ4n) is 2.04. The number of furan rings is 1. The molecule has 0 aliphatic heterocycles. The second-order valence-corrected chi connectivity index (χ2v) is 4.13. The van der Waals surface area contributed by atoms with Gasteiger partial charge in [0.25, 0.3) is 5.91 Å².